The third-order valence-corrected chi connectivity index (χ3v) is 10.6. The molecule has 0 bridgehead atoms. The molecule has 0 aromatic carbocycles. The van der Waals surface area contributed by atoms with E-state index in [-0.39, 0.29) is 0 Å². The lowest BCUT2D eigenvalue weighted by atomic mass is 9.44. The molecule has 4 aliphatic carbocycles. The van der Waals surface area contributed by atoms with E-state index in [4.69, 9.17) is 4.74 Å². The zero-order valence-corrected chi connectivity index (χ0v) is 19.1. The number of hydrogen-bond donors (Lipinski definition) is 0. The summed E-state index contributed by atoms with van der Waals surface area (Å²) in [4.78, 5) is 0. The molecule has 0 amide bonds. The molecule has 0 saturated heterocycles. The monoisotopic (exact) mass is 374 g/mol. The van der Waals surface area contributed by atoms with Gasteiger partial charge in [-0.2, -0.15) is 0 Å². The van der Waals surface area contributed by atoms with E-state index in [2.05, 4.69) is 34.6 Å². The van der Waals surface area contributed by atoms with Crippen LogP contribution in [0.5, 0.6) is 0 Å². The Morgan fingerprint density at radius 3 is 2.26 bits per heavy atom. The Balaban J connectivity index is 1.52. The van der Waals surface area contributed by atoms with Crippen LogP contribution in [-0.4, -0.2) is 13.2 Å². The predicted octanol–water partition coefficient (Wildman–Crippen LogP) is 7.34. The Kier molecular flexibility index (Phi) is 5.50. The van der Waals surface area contributed by atoms with Crippen molar-refractivity contribution in [3.05, 3.63) is 0 Å². The SMILES string of the molecule is COC1CCC2(C)C(CCC3C2CCC2(C)C(C(C)CC(C)C)CCC32)C1. The van der Waals surface area contributed by atoms with Gasteiger partial charge in [0.1, 0.15) is 0 Å². The first kappa shape index (κ1) is 20.2. The number of methoxy groups -OCH3 is 1. The summed E-state index contributed by atoms with van der Waals surface area (Å²) < 4.78 is 5.78. The number of ether oxygens (including phenoxy) is 1. The lowest BCUT2D eigenvalue weighted by Gasteiger charge is -2.61. The van der Waals surface area contributed by atoms with Crippen molar-refractivity contribution >= 4 is 0 Å². The summed E-state index contributed by atoms with van der Waals surface area (Å²) in [5.74, 6) is 6.74. The molecule has 0 spiro atoms. The van der Waals surface area contributed by atoms with Crippen molar-refractivity contribution in [3.8, 4) is 0 Å². The Bertz CT molecular complexity index is 526. The predicted molar refractivity (Wildman–Crippen MR) is 115 cm³/mol. The van der Waals surface area contributed by atoms with Crippen LogP contribution >= 0.6 is 0 Å². The average Bonchev–Trinajstić information content (AvgIpc) is 2.97. The Morgan fingerprint density at radius 1 is 0.852 bits per heavy atom. The average molecular weight is 375 g/mol. The maximum atomic E-state index is 5.78. The second-order valence-corrected chi connectivity index (χ2v) is 12.1. The minimum absolute atomic E-state index is 0.543. The summed E-state index contributed by atoms with van der Waals surface area (Å²) in [5, 5.41) is 0. The van der Waals surface area contributed by atoms with Gasteiger partial charge < -0.3 is 4.74 Å². The lowest BCUT2D eigenvalue weighted by molar-refractivity contribution is -0.133. The van der Waals surface area contributed by atoms with Gasteiger partial charge in [0.25, 0.3) is 0 Å². The van der Waals surface area contributed by atoms with E-state index < -0.39 is 0 Å². The highest BCUT2D eigenvalue weighted by atomic mass is 16.5. The molecule has 1 nitrogen and oxygen atoms in total. The van der Waals surface area contributed by atoms with E-state index in [0.29, 0.717) is 16.9 Å². The molecule has 0 radical (unpaired) electrons. The fraction of sp³-hybridized carbons (Fsp3) is 1.00. The number of hydrogen-bond acceptors (Lipinski definition) is 1. The Morgan fingerprint density at radius 2 is 1.56 bits per heavy atom. The van der Waals surface area contributed by atoms with Crippen molar-refractivity contribution in [1.82, 2.24) is 0 Å². The van der Waals surface area contributed by atoms with Crippen molar-refractivity contribution < 1.29 is 4.74 Å². The van der Waals surface area contributed by atoms with Crippen LogP contribution in [-0.2, 0) is 4.74 Å². The quantitative estimate of drug-likeness (QED) is 0.500. The van der Waals surface area contributed by atoms with Gasteiger partial charge in [-0.3, -0.25) is 0 Å². The van der Waals surface area contributed by atoms with Crippen molar-refractivity contribution in [3.63, 3.8) is 0 Å². The minimum atomic E-state index is 0.543. The standard InChI is InChI=1S/C26H46O/c1-17(2)15-18(3)22-9-10-23-21-8-7-19-16-20(27-6)11-13-25(19,4)24(21)12-14-26(22,23)5/h17-24H,7-16H2,1-6H3. The van der Waals surface area contributed by atoms with Crippen molar-refractivity contribution in [2.75, 3.05) is 7.11 Å². The molecular weight excluding hydrogens is 328 g/mol. The molecule has 0 N–H and O–H groups in total. The van der Waals surface area contributed by atoms with Gasteiger partial charge >= 0.3 is 0 Å². The zero-order valence-electron chi connectivity index (χ0n) is 19.1. The highest BCUT2D eigenvalue weighted by Crippen LogP contribution is 2.68. The molecule has 156 valence electrons. The first-order valence-electron chi connectivity index (χ1n) is 12.3. The fourth-order valence-electron chi connectivity index (χ4n) is 9.32. The molecule has 0 aromatic heterocycles. The fourth-order valence-corrected chi connectivity index (χ4v) is 9.32. The summed E-state index contributed by atoms with van der Waals surface area (Å²) in [5.41, 5.74) is 1.25. The third kappa shape index (κ3) is 3.23. The van der Waals surface area contributed by atoms with Gasteiger partial charge in [-0.15, -0.1) is 0 Å². The Labute approximate surface area is 169 Å². The molecule has 4 rings (SSSR count). The molecule has 4 saturated carbocycles. The first-order chi connectivity index (χ1) is 12.8. The van der Waals surface area contributed by atoms with Crippen LogP contribution in [0.2, 0.25) is 0 Å². The van der Waals surface area contributed by atoms with Crippen LogP contribution < -0.4 is 0 Å². The molecule has 9 unspecified atom stereocenters. The topological polar surface area (TPSA) is 9.23 Å². The maximum absolute atomic E-state index is 5.78. The lowest BCUT2D eigenvalue weighted by Crippen LogP contribution is -2.54. The molecular formula is C26H46O. The van der Waals surface area contributed by atoms with Gasteiger partial charge in [-0.05, 0) is 116 Å². The first-order valence-corrected chi connectivity index (χ1v) is 12.3. The van der Waals surface area contributed by atoms with Gasteiger partial charge in [-0.25, -0.2) is 0 Å². The van der Waals surface area contributed by atoms with Crippen LogP contribution in [0.25, 0.3) is 0 Å². The van der Waals surface area contributed by atoms with Gasteiger partial charge in [-0.1, -0.05) is 34.6 Å². The van der Waals surface area contributed by atoms with Crippen LogP contribution in [0.3, 0.4) is 0 Å². The number of fused-ring (bicyclic) bond motifs is 5. The third-order valence-electron chi connectivity index (χ3n) is 10.6. The van der Waals surface area contributed by atoms with E-state index >= 15 is 0 Å². The summed E-state index contributed by atoms with van der Waals surface area (Å²) in [6.07, 6.45) is 15.1. The highest BCUT2D eigenvalue weighted by molar-refractivity contribution is 5.09. The van der Waals surface area contributed by atoms with Crippen molar-refractivity contribution in [2.24, 2.45) is 52.3 Å². The minimum Gasteiger partial charge on any atom is -0.381 e. The van der Waals surface area contributed by atoms with Gasteiger partial charge in [0.05, 0.1) is 6.10 Å². The second-order valence-electron chi connectivity index (χ2n) is 12.1. The van der Waals surface area contributed by atoms with Crippen LogP contribution in [0, 0.1) is 52.3 Å². The van der Waals surface area contributed by atoms with E-state index in [1.54, 1.807) is 0 Å². The van der Waals surface area contributed by atoms with Crippen LogP contribution in [0.4, 0.5) is 0 Å². The van der Waals surface area contributed by atoms with Crippen LogP contribution in [0.15, 0.2) is 0 Å². The maximum Gasteiger partial charge on any atom is 0.0574 e. The molecule has 0 aliphatic heterocycles. The van der Waals surface area contributed by atoms with E-state index in [9.17, 15) is 0 Å². The second kappa shape index (κ2) is 7.33. The van der Waals surface area contributed by atoms with E-state index in [1.165, 1.54) is 64.2 Å². The molecule has 4 aliphatic rings. The Hall–Kier alpha value is -0.0400. The molecule has 0 heterocycles. The summed E-state index contributed by atoms with van der Waals surface area (Å²) in [6, 6.07) is 0. The highest BCUT2D eigenvalue weighted by Gasteiger charge is 2.60. The zero-order chi connectivity index (χ0) is 19.4. The molecule has 27 heavy (non-hydrogen) atoms. The molecule has 4 fully saturated rings. The summed E-state index contributed by atoms with van der Waals surface area (Å²) in [7, 11) is 1.93. The molecule has 0 aromatic rings. The molecule has 1 heteroatoms. The number of rotatable bonds is 4. The van der Waals surface area contributed by atoms with Gasteiger partial charge in [0.2, 0.25) is 0 Å². The normalized spacial score (nSPS) is 50.8. The molecule has 9 atom stereocenters. The van der Waals surface area contributed by atoms with Crippen molar-refractivity contribution in [1.29, 1.82) is 0 Å². The summed E-state index contributed by atoms with van der Waals surface area (Å²) >= 11 is 0. The van der Waals surface area contributed by atoms with Gasteiger partial charge in [0.15, 0.2) is 0 Å². The smallest absolute Gasteiger partial charge is 0.0574 e. The van der Waals surface area contributed by atoms with E-state index in [1.807, 2.05) is 7.11 Å². The van der Waals surface area contributed by atoms with Crippen molar-refractivity contribution in [2.45, 2.75) is 105 Å². The van der Waals surface area contributed by atoms with Gasteiger partial charge in [0, 0.05) is 7.11 Å². The van der Waals surface area contributed by atoms with Crippen LogP contribution in [0.1, 0.15) is 98.8 Å². The van der Waals surface area contributed by atoms with E-state index in [0.717, 1.165) is 41.4 Å². The largest absolute Gasteiger partial charge is 0.381 e. The summed E-state index contributed by atoms with van der Waals surface area (Å²) in [6.45, 7) is 12.8.